The normalized spacial score (nSPS) is 20.2. The number of nitrogens with zero attached hydrogens (tertiary/aromatic N) is 1. The molecule has 0 bridgehead atoms. The summed E-state index contributed by atoms with van der Waals surface area (Å²) in [6, 6.07) is 4.54. The van der Waals surface area contributed by atoms with E-state index in [9.17, 15) is 0 Å². The molecule has 0 amide bonds. The fourth-order valence-electron chi connectivity index (χ4n) is 2.41. The van der Waals surface area contributed by atoms with Gasteiger partial charge in [0.05, 0.1) is 15.7 Å². The van der Waals surface area contributed by atoms with Gasteiger partial charge in [0.2, 0.25) is 0 Å². The summed E-state index contributed by atoms with van der Waals surface area (Å²) in [7, 11) is 0. The molecule has 18 heavy (non-hydrogen) atoms. The molecule has 1 saturated heterocycles. The van der Waals surface area contributed by atoms with Crippen LogP contribution in [0.25, 0.3) is 0 Å². The van der Waals surface area contributed by atoms with Crippen molar-refractivity contribution in [2.75, 3.05) is 24.5 Å². The van der Waals surface area contributed by atoms with Gasteiger partial charge in [-0.3, -0.25) is 0 Å². The van der Waals surface area contributed by atoms with Crippen molar-refractivity contribution in [2.24, 2.45) is 0 Å². The molecule has 1 heterocycles. The quantitative estimate of drug-likeness (QED) is 0.815. The van der Waals surface area contributed by atoms with Crippen molar-refractivity contribution < 1.29 is 0 Å². The fourth-order valence-corrected chi connectivity index (χ4v) is 3.30. The lowest BCUT2D eigenvalue weighted by Crippen LogP contribution is -2.45. The first-order chi connectivity index (χ1) is 8.63. The van der Waals surface area contributed by atoms with Crippen molar-refractivity contribution in [3.63, 3.8) is 0 Å². The lowest BCUT2D eigenvalue weighted by Gasteiger charge is -2.35. The van der Waals surface area contributed by atoms with E-state index in [1.807, 2.05) is 12.1 Å². The molecule has 0 radical (unpaired) electrons. The van der Waals surface area contributed by atoms with Gasteiger partial charge >= 0.3 is 0 Å². The molecule has 1 aromatic rings. The predicted molar refractivity (Wildman–Crippen MR) is 83.1 cm³/mol. The smallest absolute Gasteiger partial charge is 0.0837 e. The number of piperidine rings is 1. The maximum atomic E-state index is 6.33. The Bertz CT molecular complexity index is 424. The van der Waals surface area contributed by atoms with Gasteiger partial charge in [-0.05, 0) is 47.4 Å². The number of halogens is 3. The van der Waals surface area contributed by atoms with Crippen molar-refractivity contribution in [2.45, 2.75) is 25.8 Å². The monoisotopic (exact) mass is 350 g/mol. The minimum atomic E-state index is 0.544. The highest BCUT2D eigenvalue weighted by Gasteiger charge is 2.22. The van der Waals surface area contributed by atoms with E-state index in [1.165, 1.54) is 12.8 Å². The molecule has 1 fully saturated rings. The Kier molecular flexibility index (Phi) is 5.19. The zero-order valence-electron chi connectivity index (χ0n) is 10.3. The molecule has 1 aromatic carbocycles. The summed E-state index contributed by atoms with van der Waals surface area (Å²) in [4.78, 5) is 2.32. The average Bonchev–Trinajstić information content (AvgIpc) is 2.37. The SMILES string of the molecule is CCNC1CCCN(c2ccc(Br)c(Cl)c2Cl)C1. The van der Waals surface area contributed by atoms with E-state index in [4.69, 9.17) is 23.2 Å². The van der Waals surface area contributed by atoms with Crippen LogP contribution in [0.3, 0.4) is 0 Å². The Hall–Kier alpha value is 0.0400. The number of anilines is 1. The molecule has 1 N–H and O–H groups in total. The van der Waals surface area contributed by atoms with Crippen LogP contribution in [-0.4, -0.2) is 25.7 Å². The van der Waals surface area contributed by atoms with E-state index in [0.717, 1.165) is 29.8 Å². The molecule has 1 aliphatic heterocycles. The summed E-state index contributed by atoms with van der Waals surface area (Å²) in [5, 5.41) is 4.74. The lowest BCUT2D eigenvalue weighted by atomic mass is 10.0. The first-order valence-electron chi connectivity index (χ1n) is 6.25. The highest BCUT2D eigenvalue weighted by molar-refractivity contribution is 9.10. The fraction of sp³-hybridized carbons (Fsp3) is 0.538. The van der Waals surface area contributed by atoms with Crippen molar-refractivity contribution in [3.8, 4) is 0 Å². The van der Waals surface area contributed by atoms with Gasteiger partial charge < -0.3 is 10.2 Å². The summed E-state index contributed by atoms with van der Waals surface area (Å²) in [6.45, 7) is 5.18. The number of rotatable bonds is 3. The minimum Gasteiger partial charge on any atom is -0.369 e. The third kappa shape index (κ3) is 3.13. The van der Waals surface area contributed by atoms with E-state index in [-0.39, 0.29) is 0 Å². The topological polar surface area (TPSA) is 15.3 Å². The number of likely N-dealkylation sites (N-methyl/N-ethyl adjacent to an activating group) is 1. The van der Waals surface area contributed by atoms with E-state index in [2.05, 4.69) is 33.1 Å². The minimum absolute atomic E-state index is 0.544. The van der Waals surface area contributed by atoms with Crippen LogP contribution < -0.4 is 10.2 Å². The number of benzene rings is 1. The standard InChI is InChI=1S/C13H17BrCl2N2/c1-2-17-9-4-3-7-18(8-9)11-6-5-10(14)12(15)13(11)16/h5-6,9,17H,2-4,7-8H2,1H3. The molecule has 2 nitrogen and oxygen atoms in total. The summed E-state index contributed by atoms with van der Waals surface area (Å²) in [6.07, 6.45) is 2.41. The second-order valence-electron chi connectivity index (χ2n) is 4.54. The maximum absolute atomic E-state index is 6.33. The molecular weight excluding hydrogens is 335 g/mol. The lowest BCUT2D eigenvalue weighted by molar-refractivity contribution is 0.431. The molecule has 5 heteroatoms. The zero-order chi connectivity index (χ0) is 13.1. The Balaban J connectivity index is 2.18. The van der Waals surface area contributed by atoms with E-state index in [1.54, 1.807) is 0 Å². The average molecular weight is 352 g/mol. The Labute approximate surface area is 127 Å². The first-order valence-corrected chi connectivity index (χ1v) is 7.80. The molecular formula is C13H17BrCl2N2. The van der Waals surface area contributed by atoms with Crippen LogP contribution in [-0.2, 0) is 0 Å². The summed E-state index contributed by atoms with van der Waals surface area (Å²) in [5.74, 6) is 0. The summed E-state index contributed by atoms with van der Waals surface area (Å²) >= 11 is 15.9. The molecule has 1 atom stereocenters. The van der Waals surface area contributed by atoms with Crippen molar-refractivity contribution in [3.05, 3.63) is 26.7 Å². The molecule has 0 spiro atoms. The highest BCUT2D eigenvalue weighted by atomic mass is 79.9. The zero-order valence-corrected chi connectivity index (χ0v) is 13.4. The predicted octanol–water partition coefficient (Wildman–Crippen LogP) is 4.33. The van der Waals surface area contributed by atoms with Gasteiger partial charge in [-0.1, -0.05) is 30.1 Å². The molecule has 0 saturated carbocycles. The number of hydrogen-bond donors (Lipinski definition) is 1. The largest absolute Gasteiger partial charge is 0.369 e. The van der Waals surface area contributed by atoms with Crippen LogP contribution in [0.5, 0.6) is 0 Å². The van der Waals surface area contributed by atoms with Gasteiger partial charge in [-0.2, -0.15) is 0 Å². The molecule has 1 unspecified atom stereocenters. The first kappa shape index (κ1) is 14.4. The van der Waals surface area contributed by atoms with Gasteiger partial charge in [0.1, 0.15) is 0 Å². The van der Waals surface area contributed by atoms with Gasteiger partial charge in [0.15, 0.2) is 0 Å². The van der Waals surface area contributed by atoms with Gasteiger partial charge in [-0.25, -0.2) is 0 Å². The summed E-state index contributed by atoms with van der Waals surface area (Å²) in [5.41, 5.74) is 1.03. The van der Waals surface area contributed by atoms with Crippen LogP contribution in [0, 0.1) is 0 Å². The van der Waals surface area contributed by atoms with Crippen LogP contribution in [0.15, 0.2) is 16.6 Å². The maximum Gasteiger partial charge on any atom is 0.0837 e. The van der Waals surface area contributed by atoms with Crippen molar-refractivity contribution >= 4 is 44.8 Å². The van der Waals surface area contributed by atoms with Crippen LogP contribution in [0.4, 0.5) is 5.69 Å². The van der Waals surface area contributed by atoms with Gasteiger partial charge in [0.25, 0.3) is 0 Å². The van der Waals surface area contributed by atoms with Crippen LogP contribution in [0.1, 0.15) is 19.8 Å². The third-order valence-corrected chi connectivity index (χ3v) is 5.03. The van der Waals surface area contributed by atoms with Gasteiger partial charge in [-0.15, -0.1) is 0 Å². The second kappa shape index (κ2) is 6.47. The molecule has 2 rings (SSSR count). The number of hydrogen-bond acceptors (Lipinski definition) is 2. The Morgan fingerprint density at radius 3 is 2.89 bits per heavy atom. The number of nitrogens with one attached hydrogen (secondary N) is 1. The molecule has 0 aromatic heterocycles. The van der Waals surface area contributed by atoms with Gasteiger partial charge in [0, 0.05) is 23.6 Å². The Morgan fingerprint density at radius 1 is 1.39 bits per heavy atom. The molecule has 100 valence electrons. The molecule has 0 aliphatic carbocycles. The van der Waals surface area contributed by atoms with E-state index < -0.39 is 0 Å². The Morgan fingerprint density at radius 2 is 2.17 bits per heavy atom. The van der Waals surface area contributed by atoms with Crippen molar-refractivity contribution in [1.82, 2.24) is 5.32 Å². The van der Waals surface area contributed by atoms with Crippen LogP contribution in [0.2, 0.25) is 10.0 Å². The third-order valence-electron chi connectivity index (χ3n) is 3.27. The summed E-state index contributed by atoms with van der Waals surface area (Å²) < 4.78 is 0.846. The highest BCUT2D eigenvalue weighted by Crippen LogP contribution is 2.38. The van der Waals surface area contributed by atoms with Crippen molar-refractivity contribution in [1.29, 1.82) is 0 Å². The second-order valence-corrected chi connectivity index (χ2v) is 6.15. The van der Waals surface area contributed by atoms with E-state index in [0.29, 0.717) is 16.1 Å². The molecule has 1 aliphatic rings. The van der Waals surface area contributed by atoms with E-state index >= 15 is 0 Å². The van der Waals surface area contributed by atoms with Crippen LogP contribution >= 0.6 is 39.1 Å².